The lowest BCUT2D eigenvalue weighted by molar-refractivity contribution is -0.124. The number of ether oxygens (including phenoxy) is 2. The van der Waals surface area contributed by atoms with Gasteiger partial charge >= 0.3 is 0 Å². The maximum Gasteiger partial charge on any atom is 0.262 e. The summed E-state index contributed by atoms with van der Waals surface area (Å²) in [7, 11) is 3.08. The van der Waals surface area contributed by atoms with E-state index >= 15 is 0 Å². The number of aromatic nitrogens is 2. The number of aryl methyl sites for hydroxylation is 1. The molecule has 0 bridgehead atoms. The van der Waals surface area contributed by atoms with Crippen molar-refractivity contribution in [3.63, 3.8) is 0 Å². The van der Waals surface area contributed by atoms with Crippen LogP contribution in [0.4, 0.5) is 0 Å². The van der Waals surface area contributed by atoms with Gasteiger partial charge in [-0.15, -0.1) is 11.3 Å². The Hall–Kier alpha value is -2.26. The van der Waals surface area contributed by atoms with Gasteiger partial charge in [-0.2, -0.15) is 4.98 Å². The highest BCUT2D eigenvalue weighted by atomic mass is 32.1. The zero-order chi connectivity index (χ0) is 20.4. The number of carbonyl (C=O) groups excluding carboxylic acids is 2. The van der Waals surface area contributed by atoms with E-state index in [0.717, 1.165) is 5.56 Å². The summed E-state index contributed by atoms with van der Waals surface area (Å²) in [5, 5.41) is 6.29. The molecule has 27 heavy (non-hydrogen) atoms. The standard InChI is InChI=1S/C18H26N4O4S/c1-9-12-16(26-7)20-11(8-25-6)21-17(12)27-13(9)15(24)19-10(2)14(23)22-18(3,4)5/h10H,8H2,1-7H3,(H,19,24)(H,22,23). The maximum absolute atomic E-state index is 12.7. The summed E-state index contributed by atoms with van der Waals surface area (Å²) in [4.78, 5) is 34.8. The van der Waals surface area contributed by atoms with Gasteiger partial charge in [0, 0.05) is 12.6 Å². The Morgan fingerprint density at radius 2 is 1.89 bits per heavy atom. The van der Waals surface area contributed by atoms with E-state index < -0.39 is 6.04 Å². The van der Waals surface area contributed by atoms with Crippen LogP contribution in [0.2, 0.25) is 0 Å². The number of thiophene rings is 1. The highest BCUT2D eigenvalue weighted by Crippen LogP contribution is 2.35. The molecule has 1 unspecified atom stereocenters. The second-order valence-corrected chi connectivity index (χ2v) is 8.25. The maximum atomic E-state index is 12.7. The number of fused-ring (bicyclic) bond motifs is 1. The summed E-state index contributed by atoms with van der Waals surface area (Å²) in [6.45, 7) is 9.37. The predicted molar refractivity (Wildman–Crippen MR) is 104 cm³/mol. The molecule has 0 spiro atoms. The van der Waals surface area contributed by atoms with Gasteiger partial charge < -0.3 is 20.1 Å². The lowest BCUT2D eigenvalue weighted by Crippen LogP contribution is -2.50. The highest BCUT2D eigenvalue weighted by Gasteiger charge is 2.25. The summed E-state index contributed by atoms with van der Waals surface area (Å²) in [6.07, 6.45) is 0. The molecule has 1 atom stereocenters. The lowest BCUT2D eigenvalue weighted by atomic mass is 10.1. The van der Waals surface area contributed by atoms with Crippen molar-refractivity contribution in [2.45, 2.75) is 52.8 Å². The van der Waals surface area contributed by atoms with Crippen molar-refractivity contribution < 1.29 is 19.1 Å². The van der Waals surface area contributed by atoms with Gasteiger partial charge in [0.2, 0.25) is 11.8 Å². The van der Waals surface area contributed by atoms with Crippen molar-refractivity contribution in [2.24, 2.45) is 0 Å². The number of hydrogen-bond acceptors (Lipinski definition) is 7. The molecule has 2 aromatic heterocycles. The second-order valence-electron chi connectivity index (χ2n) is 7.25. The third kappa shape index (κ3) is 4.92. The van der Waals surface area contributed by atoms with Crippen LogP contribution in [-0.4, -0.2) is 47.6 Å². The van der Waals surface area contributed by atoms with E-state index in [9.17, 15) is 9.59 Å². The van der Waals surface area contributed by atoms with Crippen molar-refractivity contribution in [2.75, 3.05) is 14.2 Å². The van der Waals surface area contributed by atoms with Gasteiger partial charge in [-0.25, -0.2) is 4.98 Å². The van der Waals surface area contributed by atoms with Gasteiger partial charge in [-0.3, -0.25) is 9.59 Å². The molecule has 0 radical (unpaired) electrons. The minimum Gasteiger partial charge on any atom is -0.480 e. The summed E-state index contributed by atoms with van der Waals surface area (Å²) in [5.41, 5.74) is 0.348. The summed E-state index contributed by atoms with van der Waals surface area (Å²) in [6, 6.07) is -0.668. The van der Waals surface area contributed by atoms with Crippen molar-refractivity contribution in [3.05, 3.63) is 16.3 Å². The first-order valence-corrected chi connectivity index (χ1v) is 9.34. The van der Waals surface area contributed by atoms with Gasteiger partial charge in [-0.1, -0.05) is 0 Å². The SMILES string of the molecule is COCc1nc(OC)c2c(C)c(C(=O)NC(C)C(=O)NC(C)(C)C)sc2n1. The van der Waals surface area contributed by atoms with Crippen LogP contribution in [0.5, 0.6) is 5.88 Å². The third-order valence-electron chi connectivity index (χ3n) is 3.72. The lowest BCUT2D eigenvalue weighted by Gasteiger charge is -2.23. The van der Waals surface area contributed by atoms with Gasteiger partial charge in [0.05, 0.1) is 17.4 Å². The number of amides is 2. The fourth-order valence-corrected chi connectivity index (χ4v) is 3.60. The van der Waals surface area contributed by atoms with Crippen molar-refractivity contribution in [3.8, 4) is 5.88 Å². The molecule has 148 valence electrons. The number of nitrogens with one attached hydrogen (secondary N) is 2. The Kier molecular flexibility index (Phi) is 6.38. The van der Waals surface area contributed by atoms with E-state index in [1.807, 2.05) is 27.7 Å². The average molecular weight is 394 g/mol. The molecular formula is C18H26N4O4S. The highest BCUT2D eigenvalue weighted by molar-refractivity contribution is 7.20. The minimum absolute atomic E-state index is 0.241. The Balaban J connectivity index is 2.31. The van der Waals surface area contributed by atoms with Gasteiger partial charge in [-0.05, 0) is 40.2 Å². The number of nitrogens with zero attached hydrogens (tertiary/aromatic N) is 2. The van der Waals surface area contributed by atoms with Crippen molar-refractivity contribution in [1.29, 1.82) is 0 Å². The molecule has 0 aliphatic carbocycles. The topological polar surface area (TPSA) is 102 Å². The van der Waals surface area contributed by atoms with Crippen LogP contribution in [0.25, 0.3) is 10.2 Å². The zero-order valence-corrected chi connectivity index (χ0v) is 17.5. The molecule has 8 nitrogen and oxygen atoms in total. The Morgan fingerprint density at radius 3 is 2.44 bits per heavy atom. The summed E-state index contributed by atoms with van der Waals surface area (Å²) < 4.78 is 10.4. The van der Waals surface area contributed by atoms with Crippen LogP contribution in [0, 0.1) is 6.92 Å². The summed E-state index contributed by atoms with van der Waals surface area (Å²) in [5.74, 6) is 0.308. The smallest absolute Gasteiger partial charge is 0.262 e. The van der Waals surface area contributed by atoms with Crippen LogP contribution in [0.1, 0.15) is 48.8 Å². The largest absolute Gasteiger partial charge is 0.480 e. The molecule has 2 aromatic rings. The van der Waals surface area contributed by atoms with Gasteiger partial charge in [0.25, 0.3) is 5.91 Å². The molecule has 0 fully saturated rings. The molecule has 0 saturated carbocycles. The molecule has 0 aromatic carbocycles. The van der Waals surface area contributed by atoms with E-state index in [2.05, 4.69) is 20.6 Å². The molecular weight excluding hydrogens is 368 g/mol. The first-order chi connectivity index (χ1) is 12.6. The molecule has 0 aliphatic rings. The van der Waals surface area contributed by atoms with Gasteiger partial charge in [0.15, 0.2) is 5.82 Å². The van der Waals surface area contributed by atoms with Crippen molar-refractivity contribution in [1.82, 2.24) is 20.6 Å². The predicted octanol–water partition coefficient (Wildman–Crippen LogP) is 2.19. The Morgan fingerprint density at radius 1 is 1.22 bits per heavy atom. The van der Waals surface area contributed by atoms with E-state index in [4.69, 9.17) is 9.47 Å². The van der Waals surface area contributed by atoms with Crippen LogP contribution < -0.4 is 15.4 Å². The second kappa shape index (κ2) is 8.18. The number of carbonyl (C=O) groups is 2. The fourth-order valence-electron chi connectivity index (χ4n) is 2.51. The number of methoxy groups -OCH3 is 2. The molecule has 0 aliphatic heterocycles. The first-order valence-electron chi connectivity index (χ1n) is 8.53. The third-order valence-corrected chi connectivity index (χ3v) is 4.90. The normalized spacial score (nSPS) is 12.7. The monoisotopic (exact) mass is 394 g/mol. The average Bonchev–Trinajstić information content (AvgIpc) is 2.90. The minimum atomic E-state index is -0.668. The fraction of sp³-hybridized carbons (Fsp3) is 0.556. The summed E-state index contributed by atoms with van der Waals surface area (Å²) >= 11 is 1.24. The van der Waals surface area contributed by atoms with Crippen LogP contribution in [0.15, 0.2) is 0 Å². The van der Waals surface area contributed by atoms with Gasteiger partial charge in [0.1, 0.15) is 17.5 Å². The molecule has 0 saturated heterocycles. The number of rotatable bonds is 6. The van der Waals surface area contributed by atoms with E-state index in [1.54, 1.807) is 14.0 Å². The Labute approximate surface area is 162 Å². The number of hydrogen-bond donors (Lipinski definition) is 2. The first kappa shape index (κ1) is 21.0. The van der Waals surface area contributed by atoms with Crippen molar-refractivity contribution >= 4 is 33.4 Å². The Bertz CT molecular complexity index is 857. The molecule has 2 N–H and O–H groups in total. The van der Waals surface area contributed by atoms with E-state index in [1.165, 1.54) is 18.4 Å². The van der Waals surface area contributed by atoms with E-state index in [0.29, 0.717) is 26.8 Å². The quantitative estimate of drug-likeness (QED) is 0.779. The van der Waals surface area contributed by atoms with Crippen LogP contribution in [0.3, 0.4) is 0 Å². The molecule has 2 heterocycles. The van der Waals surface area contributed by atoms with E-state index in [-0.39, 0.29) is 24.0 Å². The van der Waals surface area contributed by atoms with Crippen LogP contribution in [-0.2, 0) is 16.1 Å². The zero-order valence-electron chi connectivity index (χ0n) is 16.7. The molecule has 2 amide bonds. The van der Waals surface area contributed by atoms with Crippen LogP contribution >= 0.6 is 11.3 Å². The molecule has 9 heteroatoms. The molecule has 2 rings (SSSR count).